The molecule has 2 aromatic carbocycles. The van der Waals surface area contributed by atoms with E-state index in [1.165, 1.54) is 18.5 Å². The van der Waals surface area contributed by atoms with Gasteiger partial charge in [0.2, 0.25) is 11.8 Å². The van der Waals surface area contributed by atoms with Crippen LogP contribution in [0.5, 0.6) is 5.75 Å². The van der Waals surface area contributed by atoms with Crippen LogP contribution in [0.2, 0.25) is 5.02 Å². The molecule has 254 valence electrons. The molecule has 2 amide bonds. The standard InChI is InChI=1S/C34H40ClFN8O4/c1-4-33(46)40-26-18-27(30(47-3)19-29(26)43-11-8-23(9-12-43)42-15-13-41(14-16-42)22(2)45)39-31-20-32(38-21-37-31)44-28(10-17-48-44)24-6-5-7-25(36)34(24)35/h4-7,18-21,23,28H,1,8-17H2,2-3H3,(H,40,46)(H,37,38,39)/t28-/m1/s1. The Bertz CT molecular complexity index is 1660. The third-order valence-corrected chi connectivity index (χ3v) is 9.63. The Morgan fingerprint density at radius 3 is 2.54 bits per heavy atom. The van der Waals surface area contributed by atoms with Crippen molar-refractivity contribution >= 4 is 52.1 Å². The Morgan fingerprint density at radius 2 is 1.83 bits per heavy atom. The fourth-order valence-corrected chi connectivity index (χ4v) is 6.94. The molecule has 3 aliphatic heterocycles. The van der Waals surface area contributed by atoms with Crippen molar-refractivity contribution in [3.63, 3.8) is 0 Å². The lowest BCUT2D eigenvalue weighted by Crippen LogP contribution is -2.54. The van der Waals surface area contributed by atoms with Crippen LogP contribution in [-0.4, -0.2) is 90.6 Å². The summed E-state index contributed by atoms with van der Waals surface area (Å²) in [4.78, 5) is 45.7. The van der Waals surface area contributed by atoms with Gasteiger partial charge in [0.05, 0.1) is 41.8 Å². The maximum atomic E-state index is 14.3. The van der Waals surface area contributed by atoms with Crippen LogP contribution in [0.1, 0.15) is 37.8 Å². The number of hydrogen-bond donors (Lipinski definition) is 2. The average Bonchev–Trinajstić information content (AvgIpc) is 3.60. The van der Waals surface area contributed by atoms with E-state index in [-0.39, 0.29) is 22.9 Å². The Kier molecular flexibility index (Phi) is 10.3. The van der Waals surface area contributed by atoms with Crippen molar-refractivity contribution < 1.29 is 23.6 Å². The van der Waals surface area contributed by atoms with E-state index in [1.54, 1.807) is 37.3 Å². The molecule has 2 N–H and O–H groups in total. The minimum Gasteiger partial charge on any atom is -0.494 e. The van der Waals surface area contributed by atoms with E-state index in [0.29, 0.717) is 53.4 Å². The summed E-state index contributed by atoms with van der Waals surface area (Å²) in [5, 5.41) is 7.96. The summed E-state index contributed by atoms with van der Waals surface area (Å²) in [7, 11) is 1.59. The number of carbonyl (C=O) groups excluding carboxylic acids is 2. The summed E-state index contributed by atoms with van der Waals surface area (Å²) in [6.45, 7) is 10.6. The molecule has 12 nitrogen and oxygen atoms in total. The third kappa shape index (κ3) is 7.18. The van der Waals surface area contributed by atoms with Crippen LogP contribution < -0.4 is 25.3 Å². The summed E-state index contributed by atoms with van der Waals surface area (Å²) in [6.07, 6.45) is 5.17. The van der Waals surface area contributed by atoms with Gasteiger partial charge in [-0.2, -0.15) is 0 Å². The number of methoxy groups -OCH3 is 1. The Hall–Kier alpha value is -4.46. The van der Waals surface area contributed by atoms with Gasteiger partial charge in [0.1, 0.15) is 23.7 Å². The van der Waals surface area contributed by atoms with Crippen LogP contribution in [0.4, 0.5) is 33.1 Å². The monoisotopic (exact) mass is 678 g/mol. The molecule has 1 atom stereocenters. The zero-order valence-electron chi connectivity index (χ0n) is 27.1. The Morgan fingerprint density at radius 1 is 1.06 bits per heavy atom. The summed E-state index contributed by atoms with van der Waals surface area (Å²) in [5.41, 5.74) is 2.64. The molecule has 3 fully saturated rings. The molecule has 0 radical (unpaired) electrons. The van der Waals surface area contributed by atoms with Gasteiger partial charge in [0.15, 0.2) is 5.82 Å². The smallest absolute Gasteiger partial charge is 0.247 e. The Labute approximate surface area is 284 Å². The molecule has 0 spiro atoms. The molecule has 6 rings (SSSR count). The molecule has 0 bridgehead atoms. The first-order valence-electron chi connectivity index (χ1n) is 16.1. The number of hydrogen-bond acceptors (Lipinski definition) is 10. The molecule has 0 saturated carbocycles. The van der Waals surface area contributed by atoms with Crippen LogP contribution in [0.25, 0.3) is 0 Å². The van der Waals surface area contributed by atoms with Gasteiger partial charge in [-0.3, -0.25) is 19.3 Å². The van der Waals surface area contributed by atoms with Gasteiger partial charge in [0, 0.05) is 70.8 Å². The zero-order chi connectivity index (χ0) is 33.8. The highest BCUT2D eigenvalue weighted by molar-refractivity contribution is 6.31. The van der Waals surface area contributed by atoms with Crippen LogP contribution in [0.3, 0.4) is 0 Å². The lowest BCUT2D eigenvalue weighted by molar-refractivity contribution is -0.131. The number of aromatic nitrogens is 2. The largest absolute Gasteiger partial charge is 0.494 e. The highest BCUT2D eigenvalue weighted by Crippen LogP contribution is 2.41. The Balaban J connectivity index is 1.21. The van der Waals surface area contributed by atoms with Crippen LogP contribution in [0.15, 0.2) is 55.4 Å². The highest BCUT2D eigenvalue weighted by Gasteiger charge is 2.32. The molecule has 0 unspecified atom stereocenters. The molecule has 48 heavy (non-hydrogen) atoms. The quantitative estimate of drug-likeness (QED) is 0.294. The first kappa shape index (κ1) is 33.4. The third-order valence-electron chi connectivity index (χ3n) is 9.23. The fourth-order valence-electron chi connectivity index (χ4n) is 6.68. The van der Waals surface area contributed by atoms with E-state index in [9.17, 15) is 14.0 Å². The second-order valence-corrected chi connectivity index (χ2v) is 12.4. The van der Waals surface area contributed by atoms with Crippen LogP contribution >= 0.6 is 11.6 Å². The summed E-state index contributed by atoms with van der Waals surface area (Å²) in [6, 6.07) is 10.3. The number of nitrogens with zero attached hydrogens (tertiary/aromatic N) is 6. The number of ether oxygens (including phenoxy) is 1. The topological polar surface area (TPSA) is 115 Å². The zero-order valence-corrected chi connectivity index (χ0v) is 27.9. The van der Waals surface area contributed by atoms with E-state index in [2.05, 4.69) is 37.0 Å². The van der Waals surface area contributed by atoms with E-state index >= 15 is 0 Å². The van der Waals surface area contributed by atoms with Gasteiger partial charge in [-0.25, -0.2) is 19.4 Å². The number of carbonyl (C=O) groups is 2. The van der Waals surface area contributed by atoms with Gasteiger partial charge in [-0.05, 0) is 36.6 Å². The number of rotatable bonds is 9. The number of anilines is 5. The lowest BCUT2D eigenvalue weighted by Gasteiger charge is -2.43. The molecule has 4 heterocycles. The van der Waals surface area contributed by atoms with Crippen molar-refractivity contribution in [3.8, 4) is 5.75 Å². The fraction of sp³-hybridized carbons (Fsp3) is 0.412. The summed E-state index contributed by atoms with van der Waals surface area (Å²) >= 11 is 6.32. The first-order valence-corrected chi connectivity index (χ1v) is 16.5. The number of hydroxylamine groups is 1. The van der Waals surface area contributed by atoms with Crippen molar-refractivity contribution in [1.29, 1.82) is 0 Å². The van der Waals surface area contributed by atoms with Crippen molar-refractivity contribution in [2.24, 2.45) is 0 Å². The number of piperidine rings is 1. The van der Waals surface area contributed by atoms with Gasteiger partial charge in [-0.1, -0.05) is 30.3 Å². The predicted molar refractivity (Wildman–Crippen MR) is 183 cm³/mol. The molecule has 3 saturated heterocycles. The van der Waals surface area contributed by atoms with Gasteiger partial charge in [-0.15, -0.1) is 0 Å². The molecule has 3 aromatic rings. The van der Waals surface area contributed by atoms with Gasteiger partial charge in [0.25, 0.3) is 0 Å². The van der Waals surface area contributed by atoms with E-state index < -0.39 is 5.82 Å². The molecule has 0 aliphatic carbocycles. The molecular formula is C34H40ClFN8O4. The van der Waals surface area contributed by atoms with E-state index in [0.717, 1.165) is 57.8 Å². The SMILES string of the molecule is C=CC(=O)Nc1cc(Nc2cc(N3OCC[C@@H]3c3cccc(F)c3Cl)ncn2)c(OC)cc1N1CCC(N2CCN(C(C)=O)CC2)CC1. The van der Waals surface area contributed by atoms with E-state index in [4.69, 9.17) is 21.2 Å². The van der Waals surface area contributed by atoms with Crippen molar-refractivity contribution in [2.45, 2.75) is 38.3 Å². The minimum atomic E-state index is -0.491. The van der Waals surface area contributed by atoms with Crippen molar-refractivity contribution in [3.05, 3.63) is 71.8 Å². The molecule has 14 heteroatoms. The predicted octanol–water partition coefficient (Wildman–Crippen LogP) is 5.16. The maximum Gasteiger partial charge on any atom is 0.247 e. The van der Waals surface area contributed by atoms with Crippen molar-refractivity contribution in [1.82, 2.24) is 19.8 Å². The van der Waals surface area contributed by atoms with Gasteiger partial charge >= 0.3 is 0 Å². The second kappa shape index (κ2) is 14.8. The highest BCUT2D eigenvalue weighted by atomic mass is 35.5. The number of halogens is 2. The summed E-state index contributed by atoms with van der Waals surface area (Å²) in [5.74, 6) is 0.795. The lowest BCUT2D eigenvalue weighted by atomic mass is 10.0. The average molecular weight is 679 g/mol. The normalized spacial score (nSPS) is 18.9. The molecule has 1 aromatic heterocycles. The molecule has 3 aliphatic rings. The number of benzene rings is 2. The van der Waals surface area contributed by atoms with Crippen LogP contribution in [0, 0.1) is 5.82 Å². The van der Waals surface area contributed by atoms with Crippen LogP contribution in [-0.2, 0) is 14.4 Å². The first-order chi connectivity index (χ1) is 23.2. The van der Waals surface area contributed by atoms with E-state index in [1.807, 2.05) is 17.0 Å². The maximum absolute atomic E-state index is 14.3. The number of nitrogens with one attached hydrogen (secondary N) is 2. The minimum absolute atomic E-state index is 0.0565. The van der Waals surface area contributed by atoms with Crippen molar-refractivity contribution in [2.75, 3.05) is 73.6 Å². The summed E-state index contributed by atoms with van der Waals surface area (Å²) < 4.78 is 20.1. The molecular weight excluding hydrogens is 639 g/mol. The number of piperazine rings is 1. The second-order valence-electron chi connectivity index (χ2n) is 12.0. The number of amides is 2. The van der Waals surface area contributed by atoms with Gasteiger partial charge < -0.3 is 25.2 Å².